The second kappa shape index (κ2) is 6.58. The quantitative estimate of drug-likeness (QED) is 0.860. The van der Waals surface area contributed by atoms with Gasteiger partial charge in [0.2, 0.25) is 5.91 Å². The van der Waals surface area contributed by atoms with Gasteiger partial charge in [-0.05, 0) is 31.9 Å². The number of aryl methyl sites for hydroxylation is 1. The second-order valence-electron chi connectivity index (χ2n) is 5.80. The van der Waals surface area contributed by atoms with Crippen LogP contribution in [0.25, 0.3) is 0 Å². The Morgan fingerprint density at radius 2 is 2.35 bits per heavy atom. The van der Waals surface area contributed by atoms with Crippen LogP contribution in [-0.2, 0) is 4.79 Å². The Labute approximate surface area is 140 Å². The van der Waals surface area contributed by atoms with Crippen molar-refractivity contribution in [1.29, 1.82) is 0 Å². The SMILES string of the molecule is Cc1cc([C@H]2CCCN2C(=O)CN(C)c2ccc(Cl)cn2)no1. The molecule has 0 N–H and O–H groups in total. The first-order chi connectivity index (χ1) is 11.0. The highest BCUT2D eigenvalue weighted by Crippen LogP contribution is 2.31. The number of hydrogen-bond acceptors (Lipinski definition) is 5. The number of aromatic nitrogens is 2. The highest BCUT2D eigenvalue weighted by atomic mass is 35.5. The van der Waals surface area contributed by atoms with Crippen molar-refractivity contribution in [2.24, 2.45) is 0 Å². The van der Waals surface area contributed by atoms with Crippen LogP contribution in [0.3, 0.4) is 0 Å². The lowest BCUT2D eigenvalue weighted by molar-refractivity contribution is -0.130. The number of carbonyl (C=O) groups is 1. The highest BCUT2D eigenvalue weighted by molar-refractivity contribution is 6.30. The third-order valence-electron chi connectivity index (χ3n) is 4.04. The maximum Gasteiger partial charge on any atom is 0.242 e. The summed E-state index contributed by atoms with van der Waals surface area (Å²) in [5.74, 6) is 1.55. The van der Waals surface area contributed by atoms with Gasteiger partial charge in [0.1, 0.15) is 17.3 Å². The van der Waals surface area contributed by atoms with Crippen LogP contribution in [0.5, 0.6) is 0 Å². The summed E-state index contributed by atoms with van der Waals surface area (Å²) in [7, 11) is 1.85. The van der Waals surface area contributed by atoms with E-state index < -0.39 is 0 Å². The minimum atomic E-state index is 0.00604. The van der Waals surface area contributed by atoms with Gasteiger partial charge in [0, 0.05) is 25.9 Å². The van der Waals surface area contributed by atoms with Crippen LogP contribution in [0.1, 0.15) is 30.3 Å². The molecule has 0 saturated carbocycles. The van der Waals surface area contributed by atoms with Gasteiger partial charge in [-0.1, -0.05) is 16.8 Å². The highest BCUT2D eigenvalue weighted by Gasteiger charge is 2.32. The monoisotopic (exact) mass is 334 g/mol. The van der Waals surface area contributed by atoms with Crippen LogP contribution >= 0.6 is 11.6 Å². The molecule has 23 heavy (non-hydrogen) atoms. The van der Waals surface area contributed by atoms with Crippen molar-refractivity contribution in [1.82, 2.24) is 15.0 Å². The van der Waals surface area contributed by atoms with Crippen LogP contribution in [0.4, 0.5) is 5.82 Å². The van der Waals surface area contributed by atoms with Crippen molar-refractivity contribution in [2.45, 2.75) is 25.8 Å². The van der Waals surface area contributed by atoms with E-state index in [2.05, 4.69) is 10.1 Å². The predicted octanol–water partition coefficient (Wildman–Crippen LogP) is 2.83. The van der Waals surface area contributed by atoms with Crippen LogP contribution in [0.15, 0.2) is 28.9 Å². The summed E-state index contributed by atoms with van der Waals surface area (Å²) in [5.41, 5.74) is 0.834. The van der Waals surface area contributed by atoms with Crippen molar-refractivity contribution in [3.8, 4) is 0 Å². The molecule has 6 nitrogen and oxygen atoms in total. The lowest BCUT2D eigenvalue weighted by atomic mass is 10.1. The molecule has 1 atom stereocenters. The number of anilines is 1. The molecule has 3 rings (SSSR count). The second-order valence-corrected chi connectivity index (χ2v) is 6.23. The molecule has 7 heteroatoms. The number of hydrogen-bond donors (Lipinski definition) is 0. The molecule has 1 amide bonds. The number of likely N-dealkylation sites (tertiary alicyclic amines) is 1. The van der Waals surface area contributed by atoms with Crippen LogP contribution in [-0.4, -0.2) is 41.1 Å². The number of rotatable bonds is 4. The standard InChI is InChI=1S/C16H19ClN4O2/c1-11-8-13(19-23-11)14-4-3-7-21(14)16(22)10-20(2)15-6-5-12(17)9-18-15/h5-6,8-9,14H,3-4,7,10H2,1-2H3/t14-/m1/s1. The van der Waals surface area contributed by atoms with Gasteiger partial charge in [0.25, 0.3) is 0 Å². The topological polar surface area (TPSA) is 62.5 Å². The molecule has 122 valence electrons. The smallest absolute Gasteiger partial charge is 0.242 e. The van der Waals surface area contributed by atoms with Gasteiger partial charge in [0.05, 0.1) is 17.6 Å². The van der Waals surface area contributed by atoms with Crippen LogP contribution in [0, 0.1) is 6.92 Å². The van der Waals surface area contributed by atoms with Crippen molar-refractivity contribution in [2.75, 3.05) is 25.0 Å². The average molecular weight is 335 g/mol. The van der Waals surface area contributed by atoms with Gasteiger partial charge in [-0.2, -0.15) is 0 Å². The zero-order valence-corrected chi connectivity index (χ0v) is 14.0. The first-order valence-electron chi connectivity index (χ1n) is 7.60. The molecule has 0 bridgehead atoms. The predicted molar refractivity (Wildman–Crippen MR) is 87.4 cm³/mol. The molecule has 0 spiro atoms. The van der Waals surface area contributed by atoms with Gasteiger partial charge in [-0.15, -0.1) is 0 Å². The fraction of sp³-hybridized carbons (Fsp3) is 0.438. The Balaban J connectivity index is 1.68. The van der Waals surface area contributed by atoms with Crippen molar-refractivity contribution < 1.29 is 9.32 Å². The van der Waals surface area contributed by atoms with E-state index in [4.69, 9.17) is 16.1 Å². The Morgan fingerprint density at radius 1 is 1.52 bits per heavy atom. The Morgan fingerprint density at radius 3 is 3.00 bits per heavy atom. The van der Waals surface area contributed by atoms with E-state index in [0.29, 0.717) is 5.02 Å². The summed E-state index contributed by atoms with van der Waals surface area (Å²) in [4.78, 5) is 20.6. The zero-order chi connectivity index (χ0) is 16.4. The Hall–Kier alpha value is -2.08. The summed E-state index contributed by atoms with van der Waals surface area (Å²) >= 11 is 5.84. The fourth-order valence-corrected chi connectivity index (χ4v) is 3.00. The summed E-state index contributed by atoms with van der Waals surface area (Å²) in [6, 6.07) is 5.48. The van der Waals surface area contributed by atoms with E-state index in [1.807, 2.05) is 29.8 Å². The zero-order valence-electron chi connectivity index (χ0n) is 13.2. The van der Waals surface area contributed by atoms with Crippen molar-refractivity contribution in [3.05, 3.63) is 40.9 Å². The molecular formula is C16H19ClN4O2. The minimum absolute atomic E-state index is 0.00604. The molecule has 0 aromatic carbocycles. The maximum atomic E-state index is 12.7. The van der Waals surface area contributed by atoms with E-state index in [0.717, 1.165) is 36.7 Å². The molecule has 0 radical (unpaired) electrons. The number of likely N-dealkylation sites (N-methyl/N-ethyl adjacent to an activating group) is 1. The van der Waals surface area contributed by atoms with Crippen LogP contribution in [0.2, 0.25) is 5.02 Å². The summed E-state index contributed by atoms with van der Waals surface area (Å²) in [6.07, 6.45) is 3.47. The molecule has 2 aromatic heterocycles. The van der Waals surface area contributed by atoms with E-state index in [1.165, 1.54) is 0 Å². The van der Waals surface area contributed by atoms with Gasteiger partial charge >= 0.3 is 0 Å². The third-order valence-corrected chi connectivity index (χ3v) is 4.26. The molecule has 1 aliphatic heterocycles. The summed E-state index contributed by atoms with van der Waals surface area (Å²) < 4.78 is 5.15. The lowest BCUT2D eigenvalue weighted by Gasteiger charge is -2.26. The molecule has 1 saturated heterocycles. The van der Waals surface area contributed by atoms with Crippen molar-refractivity contribution in [3.63, 3.8) is 0 Å². The molecule has 0 unspecified atom stereocenters. The first-order valence-corrected chi connectivity index (χ1v) is 7.98. The summed E-state index contributed by atoms with van der Waals surface area (Å²) in [6.45, 7) is 2.87. The average Bonchev–Trinajstić information content (AvgIpc) is 3.16. The van der Waals surface area contributed by atoms with Crippen LogP contribution < -0.4 is 4.90 Å². The molecular weight excluding hydrogens is 316 g/mol. The van der Waals surface area contributed by atoms with Gasteiger partial charge in [-0.3, -0.25) is 4.79 Å². The van der Waals surface area contributed by atoms with E-state index >= 15 is 0 Å². The normalized spacial score (nSPS) is 17.5. The number of pyridine rings is 1. The maximum absolute atomic E-state index is 12.7. The Kier molecular flexibility index (Phi) is 4.52. The third kappa shape index (κ3) is 3.47. The summed E-state index contributed by atoms with van der Waals surface area (Å²) in [5, 5.41) is 4.65. The molecule has 1 aliphatic rings. The molecule has 3 heterocycles. The minimum Gasteiger partial charge on any atom is -0.361 e. The molecule has 1 fully saturated rings. The van der Waals surface area contributed by atoms with E-state index in [1.54, 1.807) is 18.3 Å². The van der Waals surface area contributed by atoms with Gasteiger partial charge < -0.3 is 14.3 Å². The lowest BCUT2D eigenvalue weighted by Crippen LogP contribution is -2.39. The Bertz CT molecular complexity index is 686. The largest absolute Gasteiger partial charge is 0.361 e. The fourth-order valence-electron chi connectivity index (χ4n) is 2.88. The van der Waals surface area contributed by atoms with E-state index in [-0.39, 0.29) is 18.5 Å². The van der Waals surface area contributed by atoms with Crippen molar-refractivity contribution >= 4 is 23.3 Å². The molecule has 2 aromatic rings. The van der Waals surface area contributed by atoms with Gasteiger partial charge in [-0.25, -0.2) is 4.98 Å². The number of nitrogens with zero attached hydrogens (tertiary/aromatic N) is 4. The van der Waals surface area contributed by atoms with E-state index in [9.17, 15) is 4.79 Å². The number of halogens is 1. The molecule has 0 aliphatic carbocycles. The number of carbonyl (C=O) groups excluding carboxylic acids is 1. The number of amides is 1. The first kappa shape index (κ1) is 15.8. The van der Waals surface area contributed by atoms with Gasteiger partial charge in [0.15, 0.2) is 0 Å².